The zero-order chi connectivity index (χ0) is 22.7. The van der Waals surface area contributed by atoms with Crippen LogP contribution in [-0.4, -0.2) is 68.0 Å². The number of thioether (sulfide) groups is 1. The number of hydrogen-bond donors (Lipinski definition) is 0. The summed E-state index contributed by atoms with van der Waals surface area (Å²) in [6, 6.07) is 16.2. The van der Waals surface area contributed by atoms with Crippen molar-refractivity contribution in [1.82, 2.24) is 9.21 Å². The second kappa shape index (κ2) is 9.63. The summed E-state index contributed by atoms with van der Waals surface area (Å²) in [7, 11) is -3.74. The van der Waals surface area contributed by atoms with Gasteiger partial charge in [0.2, 0.25) is 15.9 Å². The van der Waals surface area contributed by atoms with Crippen molar-refractivity contribution >= 4 is 33.4 Å². The van der Waals surface area contributed by atoms with Gasteiger partial charge in [0.15, 0.2) is 0 Å². The van der Waals surface area contributed by atoms with Crippen LogP contribution >= 0.6 is 11.8 Å². The molecule has 7 nitrogen and oxygen atoms in total. The molecule has 1 atom stereocenters. The number of fused-ring (bicyclic) bond motifs is 1. The second-order valence-electron chi connectivity index (χ2n) is 8.02. The van der Waals surface area contributed by atoms with Crippen molar-refractivity contribution in [3.05, 3.63) is 54.1 Å². The molecule has 0 unspecified atom stereocenters. The summed E-state index contributed by atoms with van der Waals surface area (Å²) >= 11 is 1.80. The number of rotatable bonds is 4. The largest absolute Gasteiger partial charge is 0.310 e. The van der Waals surface area contributed by atoms with Crippen LogP contribution in [0.15, 0.2) is 58.3 Å². The molecule has 2 aliphatic heterocycles. The van der Waals surface area contributed by atoms with E-state index in [4.69, 9.17) is 0 Å². The summed E-state index contributed by atoms with van der Waals surface area (Å²) in [6.07, 6.45) is 0.926. The number of para-hydroxylation sites is 1. The van der Waals surface area contributed by atoms with Gasteiger partial charge < -0.3 is 4.90 Å². The van der Waals surface area contributed by atoms with Gasteiger partial charge in [-0.25, -0.2) is 8.42 Å². The summed E-state index contributed by atoms with van der Waals surface area (Å²) in [6.45, 7) is 4.65. The molecule has 1 amide bonds. The maximum Gasteiger partial charge on any atom is 0.244 e. The predicted octanol–water partition coefficient (Wildman–Crippen LogP) is 2.78. The van der Waals surface area contributed by atoms with Crippen molar-refractivity contribution in [2.75, 3.05) is 44.2 Å². The first kappa shape index (κ1) is 22.8. The van der Waals surface area contributed by atoms with Crippen molar-refractivity contribution in [1.29, 1.82) is 5.26 Å². The zero-order valence-electron chi connectivity index (χ0n) is 18.0. The topological polar surface area (TPSA) is 84.7 Å². The van der Waals surface area contributed by atoms with Gasteiger partial charge in [0.05, 0.1) is 22.7 Å². The first-order chi connectivity index (χ1) is 15.4. The Balaban J connectivity index is 1.41. The fraction of sp³-hybridized carbons (Fsp3) is 0.391. The summed E-state index contributed by atoms with van der Waals surface area (Å²) < 4.78 is 27.5. The molecule has 4 rings (SSSR count). The van der Waals surface area contributed by atoms with Gasteiger partial charge in [0.25, 0.3) is 0 Å². The number of hydrogen-bond acceptors (Lipinski definition) is 6. The molecule has 0 bridgehead atoms. The van der Waals surface area contributed by atoms with Crippen LogP contribution in [0, 0.1) is 11.3 Å². The molecule has 168 valence electrons. The molecule has 2 aromatic rings. The SMILES string of the molecule is C[C@H]1CCN(C(=O)CN2CCN(S(=O)(=O)c3ccccc3C#N)CC2)c2ccccc2S1. The molecule has 1 saturated heterocycles. The van der Waals surface area contributed by atoms with E-state index in [2.05, 4.69) is 13.0 Å². The molecule has 2 aromatic carbocycles. The van der Waals surface area contributed by atoms with Crippen LogP contribution in [0.3, 0.4) is 0 Å². The van der Waals surface area contributed by atoms with Crippen molar-refractivity contribution in [2.45, 2.75) is 28.4 Å². The molecule has 0 spiro atoms. The number of carbonyl (C=O) groups is 1. The molecule has 2 heterocycles. The number of carbonyl (C=O) groups excluding carboxylic acids is 1. The summed E-state index contributed by atoms with van der Waals surface area (Å²) in [5.74, 6) is 0.0401. The Morgan fingerprint density at radius 3 is 2.50 bits per heavy atom. The van der Waals surface area contributed by atoms with E-state index < -0.39 is 10.0 Å². The van der Waals surface area contributed by atoms with Crippen molar-refractivity contribution in [3.63, 3.8) is 0 Å². The van der Waals surface area contributed by atoms with E-state index in [0.717, 1.165) is 17.0 Å². The number of sulfonamides is 1. The van der Waals surface area contributed by atoms with E-state index in [1.165, 1.54) is 16.4 Å². The van der Waals surface area contributed by atoms with Crippen molar-refractivity contribution in [2.24, 2.45) is 0 Å². The van der Waals surface area contributed by atoms with Gasteiger partial charge in [-0.05, 0) is 30.7 Å². The zero-order valence-corrected chi connectivity index (χ0v) is 19.6. The Bertz CT molecular complexity index is 1140. The first-order valence-corrected chi connectivity index (χ1v) is 13.0. The highest BCUT2D eigenvalue weighted by molar-refractivity contribution is 8.00. The van der Waals surface area contributed by atoms with Crippen LogP contribution in [0.5, 0.6) is 0 Å². The Labute approximate surface area is 193 Å². The van der Waals surface area contributed by atoms with Gasteiger partial charge in [-0.3, -0.25) is 9.69 Å². The molecule has 32 heavy (non-hydrogen) atoms. The third-order valence-electron chi connectivity index (χ3n) is 5.86. The fourth-order valence-corrected chi connectivity index (χ4v) is 6.75. The predicted molar refractivity (Wildman–Crippen MR) is 125 cm³/mol. The molecule has 2 aliphatic rings. The van der Waals surface area contributed by atoms with E-state index in [1.807, 2.05) is 34.1 Å². The van der Waals surface area contributed by atoms with Gasteiger partial charge in [-0.15, -0.1) is 11.8 Å². The van der Waals surface area contributed by atoms with Crippen LogP contribution in [-0.2, 0) is 14.8 Å². The Kier molecular flexibility index (Phi) is 6.86. The van der Waals surface area contributed by atoms with Crippen LogP contribution in [0.2, 0.25) is 0 Å². The summed E-state index contributed by atoms with van der Waals surface area (Å²) in [5.41, 5.74) is 1.11. The summed E-state index contributed by atoms with van der Waals surface area (Å²) in [4.78, 5) is 18.2. The smallest absolute Gasteiger partial charge is 0.244 e. The van der Waals surface area contributed by atoms with Crippen LogP contribution in [0.25, 0.3) is 0 Å². The van der Waals surface area contributed by atoms with E-state index in [9.17, 15) is 18.5 Å². The molecule has 1 fully saturated rings. The molecular weight excluding hydrogens is 444 g/mol. The standard InChI is InChI=1S/C23H26N4O3S2/c1-18-10-11-27(20-7-3-4-8-21(20)31-18)23(28)17-25-12-14-26(15-13-25)32(29,30)22-9-5-2-6-19(22)16-24/h2-9,18H,10-15,17H2,1H3/t18-/m0/s1. The third kappa shape index (κ3) is 4.69. The average Bonchev–Trinajstić information content (AvgIpc) is 2.97. The highest BCUT2D eigenvalue weighted by Crippen LogP contribution is 2.37. The number of nitrogens with zero attached hydrogens (tertiary/aromatic N) is 4. The van der Waals surface area contributed by atoms with E-state index >= 15 is 0 Å². The Morgan fingerprint density at radius 2 is 1.75 bits per heavy atom. The maximum absolute atomic E-state index is 13.2. The lowest BCUT2D eigenvalue weighted by Gasteiger charge is -2.34. The summed E-state index contributed by atoms with van der Waals surface area (Å²) in [5, 5.41) is 9.71. The van der Waals surface area contributed by atoms with Crippen LogP contribution in [0.4, 0.5) is 5.69 Å². The number of amides is 1. The lowest BCUT2D eigenvalue weighted by molar-refractivity contribution is -0.120. The van der Waals surface area contributed by atoms with Crippen molar-refractivity contribution < 1.29 is 13.2 Å². The van der Waals surface area contributed by atoms with Gasteiger partial charge in [0.1, 0.15) is 6.07 Å². The molecule has 9 heteroatoms. The first-order valence-electron chi connectivity index (χ1n) is 10.7. The van der Waals surface area contributed by atoms with Gasteiger partial charge in [-0.2, -0.15) is 9.57 Å². The van der Waals surface area contributed by atoms with Gasteiger partial charge >= 0.3 is 0 Å². The maximum atomic E-state index is 13.2. The minimum absolute atomic E-state index is 0.0401. The molecule has 0 radical (unpaired) electrons. The molecule has 0 saturated carbocycles. The number of anilines is 1. The lowest BCUT2D eigenvalue weighted by atomic mass is 10.2. The minimum Gasteiger partial charge on any atom is -0.310 e. The molecular formula is C23H26N4O3S2. The van der Waals surface area contributed by atoms with E-state index in [1.54, 1.807) is 23.9 Å². The highest BCUT2D eigenvalue weighted by atomic mass is 32.2. The second-order valence-corrected chi connectivity index (χ2v) is 11.4. The minimum atomic E-state index is -3.74. The Hall–Kier alpha value is -2.38. The lowest BCUT2D eigenvalue weighted by Crippen LogP contribution is -2.51. The average molecular weight is 471 g/mol. The van der Waals surface area contributed by atoms with Crippen LogP contribution < -0.4 is 4.90 Å². The number of piperazine rings is 1. The van der Waals surface area contributed by atoms with Crippen LogP contribution in [0.1, 0.15) is 18.9 Å². The van der Waals surface area contributed by atoms with Crippen molar-refractivity contribution in [3.8, 4) is 6.07 Å². The molecule has 0 aromatic heterocycles. The number of nitriles is 1. The molecule has 0 aliphatic carbocycles. The third-order valence-corrected chi connectivity index (χ3v) is 9.05. The fourth-order valence-electron chi connectivity index (χ4n) is 4.07. The van der Waals surface area contributed by atoms with Gasteiger partial charge in [0, 0.05) is 42.9 Å². The normalized spacial score (nSPS) is 20.2. The molecule has 0 N–H and O–H groups in total. The van der Waals surface area contributed by atoms with E-state index in [0.29, 0.717) is 38.0 Å². The quantitative estimate of drug-likeness (QED) is 0.683. The Morgan fingerprint density at radius 1 is 1.06 bits per heavy atom. The monoisotopic (exact) mass is 470 g/mol. The highest BCUT2D eigenvalue weighted by Gasteiger charge is 2.32. The number of benzene rings is 2. The van der Waals surface area contributed by atoms with E-state index in [-0.39, 0.29) is 22.9 Å². The van der Waals surface area contributed by atoms with Gasteiger partial charge in [-0.1, -0.05) is 31.2 Å².